The molecule has 1 rings (SSSR count). The normalized spacial score (nSPS) is 11.9. The highest BCUT2D eigenvalue weighted by molar-refractivity contribution is 5.97. The summed E-state index contributed by atoms with van der Waals surface area (Å²) in [6.45, 7) is 5.64. The lowest BCUT2D eigenvalue weighted by Crippen LogP contribution is -2.43. The Bertz CT molecular complexity index is 464. The van der Waals surface area contributed by atoms with Crippen molar-refractivity contribution in [3.8, 4) is 0 Å². The second-order valence-electron chi connectivity index (χ2n) is 4.39. The molecule has 1 amide bonds. The summed E-state index contributed by atoms with van der Waals surface area (Å²) in [5.74, 6) is -0.180. The van der Waals surface area contributed by atoms with Crippen LogP contribution in [0.3, 0.4) is 0 Å². The lowest BCUT2D eigenvalue weighted by Gasteiger charge is -2.25. The summed E-state index contributed by atoms with van der Waals surface area (Å²) in [7, 11) is 1.77. The van der Waals surface area contributed by atoms with Crippen molar-refractivity contribution in [2.75, 3.05) is 6.54 Å². The molecule has 0 saturated heterocycles. The molecule has 1 heterocycles. The van der Waals surface area contributed by atoms with Crippen molar-refractivity contribution in [2.24, 2.45) is 17.9 Å². The maximum absolute atomic E-state index is 12.4. The van der Waals surface area contributed by atoms with Crippen LogP contribution in [0.2, 0.25) is 0 Å². The van der Waals surface area contributed by atoms with Crippen molar-refractivity contribution in [1.29, 1.82) is 0 Å². The molecule has 0 aliphatic rings. The first-order valence-electron chi connectivity index (χ1n) is 5.64. The molecule has 0 spiro atoms. The molecule has 0 fully saturated rings. The van der Waals surface area contributed by atoms with Crippen molar-refractivity contribution in [1.82, 2.24) is 14.7 Å². The van der Waals surface area contributed by atoms with Gasteiger partial charge in [0.2, 0.25) is 0 Å². The number of hydrogen-bond donors (Lipinski definition) is 2. The van der Waals surface area contributed by atoms with Crippen molar-refractivity contribution < 1.29 is 10.0 Å². The van der Waals surface area contributed by atoms with E-state index in [2.05, 4.69) is 10.3 Å². The van der Waals surface area contributed by atoms with Crippen LogP contribution in [0.5, 0.6) is 0 Å². The minimum atomic E-state index is -0.179. The van der Waals surface area contributed by atoms with Gasteiger partial charge in [0.25, 0.3) is 5.91 Å². The van der Waals surface area contributed by atoms with E-state index >= 15 is 0 Å². The Balaban J connectivity index is 3.00. The van der Waals surface area contributed by atoms with E-state index in [0.29, 0.717) is 5.56 Å². The van der Waals surface area contributed by atoms with Crippen LogP contribution in [-0.2, 0) is 7.05 Å². The fraction of sp³-hybridized carbons (Fsp3) is 0.545. The third kappa shape index (κ3) is 2.79. The topological polar surface area (TPSA) is 96.7 Å². The van der Waals surface area contributed by atoms with Gasteiger partial charge in [0.15, 0.2) is 5.84 Å². The molecule has 1 aromatic rings. The summed E-state index contributed by atoms with van der Waals surface area (Å²) in [5.41, 5.74) is 6.76. The van der Waals surface area contributed by atoms with Gasteiger partial charge in [0.05, 0.1) is 18.3 Å². The maximum Gasteiger partial charge on any atom is 0.257 e. The van der Waals surface area contributed by atoms with Crippen LogP contribution in [0.4, 0.5) is 0 Å². The first kappa shape index (κ1) is 14.0. The van der Waals surface area contributed by atoms with Crippen LogP contribution < -0.4 is 5.73 Å². The van der Waals surface area contributed by atoms with E-state index in [1.54, 1.807) is 11.7 Å². The summed E-state index contributed by atoms with van der Waals surface area (Å²) in [5, 5.41) is 15.5. The molecule has 0 saturated carbocycles. The van der Waals surface area contributed by atoms with Crippen molar-refractivity contribution >= 4 is 11.7 Å². The standard InChI is InChI=1S/C11H19N5O2/c1-7(2)16(6-10(12)14-18)11(17)9-5-13-15(4)8(9)3/h5,7,18H,6H2,1-4H3,(H2,12,14). The maximum atomic E-state index is 12.4. The van der Waals surface area contributed by atoms with E-state index in [1.807, 2.05) is 20.8 Å². The molecule has 0 radical (unpaired) electrons. The third-order valence-corrected chi connectivity index (χ3v) is 2.81. The summed E-state index contributed by atoms with van der Waals surface area (Å²) < 4.78 is 1.63. The zero-order valence-corrected chi connectivity index (χ0v) is 11.1. The third-order valence-electron chi connectivity index (χ3n) is 2.81. The molecule has 18 heavy (non-hydrogen) atoms. The van der Waals surface area contributed by atoms with Gasteiger partial charge < -0.3 is 15.8 Å². The predicted octanol–water partition coefficient (Wildman–Crippen LogP) is 0.326. The average molecular weight is 253 g/mol. The van der Waals surface area contributed by atoms with Crippen molar-refractivity contribution in [3.63, 3.8) is 0 Å². The van der Waals surface area contributed by atoms with Gasteiger partial charge >= 0.3 is 0 Å². The van der Waals surface area contributed by atoms with E-state index in [9.17, 15) is 4.79 Å². The van der Waals surface area contributed by atoms with Gasteiger partial charge in [-0.2, -0.15) is 5.10 Å². The van der Waals surface area contributed by atoms with Crippen LogP contribution in [-0.4, -0.2) is 44.2 Å². The number of hydrogen-bond acceptors (Lipinski definition) is 4. The Morgan fingerprint density at radius 3 is 2.67 bits per heavy atom. The Hall–Kier alpha value is -2.05. The largest absolute Gasteiger partial charge is 0.409 e. The summed E-state index contributed by atoms with van der Waals surface area (Å²) in [6, 6.07) is -0.0580. The number of aryl methyl sites for hydroxylation is 1. The van der Waals surface area contributed by atoms with Gasteiger partial charge in [-0.1, -0.05) is 5.16 Å². The molecule has 0 unspecified atom stereocenters. The van der Waals surface area contributed by atoms with Crippen LogP contribution in [0.25, 0.3) is 0 Å². The molecule has 7 nitrogen and oxygen atoms in total. The zero-order chi connectivity index (χ0) is 13.9. The monoisotopic (exact) mass is 253 g/mol. The predicted molar refractivity (Wildman–Crippen MR) is 67.5 cm³/mol. The second-order valence-corrected chi connectivity index (χ2v) is 4.39. The van der Waals surface area contributed by atoms with Crippen molar-refractivity contribution in [2.45, 2.75) is 26.8 Å². The first-order chi connectivity index (χ1) is 8.38. The fourth-order valence-corrected chi connectivity index (χ4v) is 1.56. The number of carbonyl (C=O) groups excluding carboxylic acids is 1. The van der Waals surface area contributed by atoms with Crippen LogP contribution in [0.15, 0.2) is 11.4 Å². The summed E-state index contributed by atoms with van der Waals surface area (Å²) in [6.07, 6.45) is 1.53. The number of amidine groups is 1. The molecule has 0 bridgehead atoms. The number of oxime groups is 1. The number of aromatic nitrogens is 2. The summed E-state index contributed by atoms with van der Waals surface area (Å²) in [4.78, 5) is 13.9. The Labute approximate surface area is 106 Å². The van der Waals surface area contributed by atoms with E-state index in [4.69, 9.17) is 10.9 Å². The number of nitrogens with zero attached hydrogens (tertiary/aromatic N) is 4. The number of nitrogens with two attached hydrogens (primary N) is 1. The van der Waals surface area contributed by atoms with Gasteiger partial charge in [-0.15, -0.1) is 0 Å². The Morgan fingerprint density at radius 1 is 1.67 bits per heavy atom. The van der Waals surface area contributed by atoms with Gasteiger partial charge in [0.1, 0.15) is 0 Å². The van der Waals surface area contributed by atoms with E-state index in [-0.39, 0.29) is 24.3 Å². The highest BCUT2D eigenvalue weighted by Gasteiger charge is 2.23. The van der Waals surface area contributed by atoms with Gasteiger partial charge in [0, 0.05) is 18.8 Å². The molecule has 0 aliphatic carbocycles. The smallest absolute Gasteiger partial charge is 0.257 e. The van der Waals surface area contributed by atoms with Crippen molar-refractivity contribution in [3.05, 3.63) is 17.5 Å². The molecular weight excluding hydrogens is 234 g/mol. The minimum Gasteiger partial charge on any atom is -0.409 e. The van der Waals surface area contributed by atoms with Crippen LogP contribution in [0.1, 0.15) is 29.9 Å². The Morgan fingerprint density at radius 2 is 2.28 bits per heavy atom. The number of rotatable bonds is 4. The highest BCUT2D eigenvalue weighted by Crippen LogP contribution is 2.11. The quantitative estimate of drug-likeness (QED) is 0.349. The van der Waals surface area contributed by atoms with E-state index < -0.39 is 0 Å². The molecule has 100 valence electrons. The van der Waals surface area contributed by atoms with E-state index in [0.717, 1.165) is 5.69 Å². The van der Waals surface area contributed by atoms with Crippen LogP contribution in [0, 0.1) is 6.92 Å². The van der Waals surface area contributed by atoms with Gasteiger partial charge in [-0.3, -0.25) is 9.48 Å². The van der Waals surface area contributed by atoms with Gasteiger partial charge in [-0.25, -0.2) is 0 Å². The average Bonchev–Trinajstić information content (AvgIpc) is 2.65. The zero-order valence-electron chi connectivity index (χ0n) is 11.1. The summed E-state index contributed by atoms with van der Waals surface area (Å²) >= 11 is 0. The van der Waals surface area contributed by atoms with E-state index in [1.165, 1.54) is 11.1 Å². The molecule has 7 heteroatoms. The molecular formula is C11H19N5O2. The molecule has 0 aromatic carbocycles. The lowest BCUT2D eigenvalue weighted by molar-refractivity contribution is 0.0733. The molecule has 1 aromatic heterocycles. The first-order valence-corrected chi connectivity index (χ1v) is 5.64. The number of amides is 1. The SMILES string of the molecule is Cc1c(C(=O)N(CC(N)=NO)C(C)C)cnn1C. The van der Waals surface area contributed by atoms with Gasteiger partial charge in [-0.05, 0) is 20.8 Å². The second kappa shape index (κ2) is 5.52. The molecule has 0 aliphatic heterocycles. The Kier molecular flexibility index (Phi) is 4.30. The molecule has 0 atom stereocenters. The fourth-order valence-electron chi connectivity index (χ4n) is 1.56. The number of carbonyl (C=O) groups is 1. The minimum absolute atomic E-state index is 0.00130. The highest BCUT2D eigenvalue weighted by atomic mass is 16.4. The molecule has 3 N–H and O–H groups in total. The lowest BCUT2D eigenvalue weighted by atomic mass is 10.2. The van der Waals surface area contributed by atoms with Crippen LogP contribution >= 0.6 is 0 Å².